The van der Waals surface area contributed by atoms with Crippen molar-refractivity contribution < 1.29 is 4.39 Å². The molecule has 0 radical (unpaired) electrons. The van der Waals surface area contributed by atoms with Crippen LogP contribution in [0.15, 0.2) is 18.2 Å². The molecule has 1 atom stereocenters. The van der Waals surface area contributed by atoms with Crippen molar-refractivity contribution in [3.8, 4) is 0 Å². The lowest BCUT2D eigenvalue weighted by Crippen LogP contribution is -2.16. The van der Waals surface area contributed by atoms with Crippen LogP contribution in [0.1, 0.15) is 30.1 Å². The van der Waals surface area contributed by atoms with E-state index in [0.717, 1.165) is 30.3 Å². The topological polar surface area (TPSA) is 41.8 Å². The lowest BCUT2D eigenvalue weighted by Gasteiger charge is -2.18. The first-order valence-electron chi connectivity index (χ1n) is 5.32. The Labute approximate surface area is 87.3 Å². The molecule has 78 valence electrons. The minimum atomic E-state index is -0.186. The molecular weight excluding hydrogens is 191 g/mol. The van der Waals surface area contributed by atoms with Gasteiger partial charge in [-0.2, -0.15) is 0 Å². The van der Waals surface area contributed by atoms with Gasteiger partial charge >= 0.3 is 0 Å². The van der Waals surface area contributed by atoms with E-state index in [4.69, 9.17) is 5.73 Å². The highest BCUT2D eigenvalue weighted by Crippen LogP contribution is 2.34. The summed E-state index contributed by atoms with van der Waals surface area (Å²) in [6.45, 7) is 0. The zero-order chi connectivity index (χ0) is 10.4. The predicted molar refractivity (Wildman–Crippen MR) is 58.1 cm³/mol. The van der Waals surface area contributed by atoms with Crippen molar-refractivity contribution in [3.63, 3.8) is 0 Å². The lowest BCUT2D eigenvalue weighted by atomic mass is 9.92. The van der Waals surface area contributed by atoms with Gasteiger partial charge in [0.1, 0.15) is 5.82 Å². The van der Waals surface area contributed by atoms with Crippen molar-refractivity contribution in [1.82, 2.24) is 4.98 Å². The fraction of sp³-hybridized carbons (Fsp3) is 0.333. The fourth-order valence-electron chi connectivity index (χ4n) is 2.49. The van der Waals surface area contributed by atoms with Crippen LogP contribution < -0.4 is 5.73 Å². The molecule has 15 heavy (non-hydrogen) atoms. The van der Waals surface area contributed by atoms with Gasteiger partial charge in [0.05, 0.1) is 5.52 Å². The highest BCUT2D eigenvalue weighted by atomic mass is 19.1. The van der Waals surface area contributed by atoms with Gasteiger partial charge in [0.2, 0.25) is 0 Å². The number of hydrogen-bond acceptors (Lipinski definition) is 1. The minimum Gasteiger partial charge on any atom is -0.354 e. The van der Waals surface area contributed by atoms with E-state index >= 15 is 0 Å². The van der Waals surface area contributed by atoms with Gasteiger partial charge in [0, 0.05) is 17.1 Å². The average molecular weight is 204 g/mol. The number of H-pyrrole nitrogens is 1. The zero-order valence-electron chi connectivity index (χ0n) is 8.39. The second kappa shape index (κ2) is 3.07. The van der Waals surface area contributed by atoms with Crippen LogP contribution in [0.5, 0.6) is 0 Å². The molecule has 1 aliphatic rings. The van der Waals surface area contributed by atoms with Gasteiger partial charge in [-0.3, -0.25) is 0 Å². The molecule has 2 nitrogen and oxygen atoms in total. The lowest BCUT2D eigenvalue weighted by molar-refractivity contribution is 0.562. The molecular formula is C12H13FN2. The Balaban J connectivity index is 2.35. The van der Waals surface area contributed by atoms with E-state index in [0.29, 0.717) is 5.52 Å². The van der Waals surface area contributed by atoms with E-state index in [9.17, 15) is 4.39 Å². The van der Waals surface area contributed by atoms with Crippen LogP contribution in [-0.4, -0.2) is 4.98 Å². The third kappa shape index (κ3) is 1.20. The number of aromatic nitrogens is 1. The van der Waals surface area contributed by atoms with Crippen LogP contribution in [0.25, 0.3) is 10.9 Å². The zero-order valence-corrected chi connectivity index (χ0v) is 8.39. The molecule has 1 aromatic heterocycles. The Hall–Kier alpha value is -1.35. The molecule has 2 aromatic rings. The van der Waals surface area contributed by atoms with Crippen molar-refractivity contribution in [2.75, 3.05) is 0 Å². The maximum atomic E-state index is 13.5. The molecule has 0 spiro atoms. The number of nitrogens with two attached hydrogens (primary N) is 1. The van der Waals surface area contributed by atoms with Crippen molar-refractivity contribution in [2.24, 2.45) is 5.73 Å². The molecule has 3 heteroatoms. The first kappa shape index (κ1) is 8.92. The number of aryl methyl sites for hydroxylation is 1. The Bertz CT molecular complexity index is 516. The summed E-state index contributed by atoms with van der Waals surface area (Å²) < 4.78 is 13.5. The smallest absolute Gasteiger partial charge is 0.147 e. The number of rotatable bonds is 0. The molecule has 0 bridgehead atoms. The summed E-state index contributed by atoms with van der Waals surface area (Å²) in [6.07, 6.45) is 3.09. The molecule has 1 aromatic carbocycles. The highest BCUT2D eigenvalue weighted by molar-refractivity contribution is 5.85. The van der Waals surface area contributed by atoms with Crippen molar-refractivity contribution in [1.29, 1.82) is 0 Å². The van der Waals surface area contributed by atoms with E-state index in [-0.39, 0.29) is 11.9 Å². The van der Waals surface area contributed by atoms with Crippen LogP contribution in [0.2, 0.25) is 0 Å². The Morgan fingerprint density at radius 2 is 2.27 bits per heavy atom. The quantitative estimate of drug-likeness (QED) is 0.680. The molecule has 1 heterocycles. The van der Waals surface area contributed by atoms with E-state index in [1.165, 1.54) is 11.6 Å². The summed E-state index contributed by atoms with van der Waals surface area (Å²) in [5.41, 5.74) is 8.86. The second-order valence-corrected chi connectivity index (χ2v) is 4.18. The summed E-state index contributed by atoms with van der Waals surface area (Å²) in [5, 5.41) is 1.00. The van der Waals surface area contributed by atoms with E-state index in [1.54, 1.807) is 6.07 Å². The Morgan fingerprint density at radius 1 is 1.40 bits per heavy atom. The van der Waals surface area contributed by atoms with Crippen LogP contribution >= 0.6 is 0 Å². The molecule has 0 amide bonds. The average Bonchev–Trinajstić information content (AvgIpc) is 2.60. The fourth-order valence-corrected chi connectivity index (χ4v) is 2.49. The van der Waals surface area contributed by atoms with E-state index < -0.39 is 0 Å². The first-order chi connectivity index (χ1) is 7.27. The molecule has 0 aliphatic heterocycles. The predicted octanol–water partition coefficient (Wildman–Crippen LogP) is 2.64. The van der Waals surface area contributed by atoms with Crippen molar-refractivity contribution in [2.45, 2.75) is 25.3 Å². The largest absolute Gasteiger partial charge is 0.354 e. The van der Waals surface area contributed by atoms with Gasteiger partial charge in [-0.1, -0.05) is 12.1 Å². The standard InChI is InChI=1S/C12H13FN2/c13-9-5-1-3-7-8-4-2-6-10(14)12(8)15-11(7)9/h1,3,5,10,15H,2,4,6,14H2/t10-/m0/s1. The minimum absolute atomic E-state index is 0.0422. The third-order valence-electron chi connectivity index (χ3n) is 3.24. The number of nitrogens with one attached hydrogen (secondary N) is 1. The summed E-state index contributed by atoms with van der Waals surface area (Å²) in [7, 11) is 0. The molecule has 0 saturated heterocycles. The van der Waals surface area contributed by atoms with E-state index in [1.807, 2.05) is 6.07 Å². The number of benzene rings is 1. The number of aromatic amines is 1. The van der Waals surface area contributed by atoms with Crippen LogP contribution in [0.4, 0.5) is 4.39 Å². The normalized spacial score (nSPS) is 20.5. The number of fused-ring (bicyclic) bond motifs is 3. The van der Waals surface area contributed by atoms with Crippen molar-refractivity contribution >= 4 is 10.9 Å². The van der Waals surface area contributed by atoms with Crippen LogP contribution in [0.3, 0.4) is 0 Å². The third-order valence-corrected chi connectivity index (χ3v) is 3.24. The van der Waals surface area contributed by atoms with Crippen LogP contribution in [0, 0.1) is 5.82 Å². The monoisotopic (exact) mass is 204 g/mol. The first-order valence-corrected chi connectivity index (χ1v) is 5.32. The van der Waals surface area contributed by atoms with Gasteiger partial charge in [0.25, 0.3) is 0 Å². The van der Waals surface area contributed by atoms with Crippen LogP contribution in [-0.2, 0) is 6.42 Å². The van der Waals surface area contributed by atoms with Gasteiger partial charge in [-0.05, 0) is 30.9 Å². The summed E-state index contributed by atoms with van der Waals surface area (Å²) in [4.78, 5) is 3.13. The van der Waals surface area contributed by atoms with Gasteiger partial charge in [-0.25, -0.2) is 4.39 Å². The van der Waals surface area contributed by atoms with Gasteiger partial charge < -0.3 is 10.7 Å². The van der Waals surface area contributed by atoms with E-state index in [2.05, 4.69) is 4.98 Å². The Morgan fingerprint density at radius 3 is 3.13 bits per heavy atom. The van der Waals surface area contributed by atoms with Gasteiger partial charge in [0.15, 0.2) is 0 Å². The molecule has 1 aliphatic carbocycles. The summed E-state index contributed by atoms with van der Waals surface area (Å²) >= 11 is 0. The summed E-state index contributed by atoms with van der Waals surface area (Å²) in [6, 6.07) is 5.24. The number of halogens is 1. The SMILES string of the molecule is N[C@H]1CCCc2c1[nH]c1c(F)cccc21. The number of hydrogen-bond donors (Lipinski definition) is 2. The maximum absolute atomic E-state index is 13.5. The molecule has 0 saturated carbocycles. The number of para-hydroxylation sites is 1. The maximum Gasteiger partial charge on any atom is 0.147 e. The summed E-state index contributed by atoms with van der Waals surface area (Å²) in [5.74, 6) is -0.186. The van der Waals surface area contributed by atoms with Gasteiger partial charge in [-0.15, -0.1) is 0 Å². The molecule has 0 fully saturated rings. The highest BCUT2D eigenvalue weighted by Gasteiger charge is 2.22. The Kier molecular flexibility index (Phi) is 1.83. The van der Waals surface area contributed by atoms with Crippen molar-refractivity contribution in [3.05, 3.63) is 35.3 Å². The molecule has 3 N–H and O–H groups in total. The molecule has 3 rings (SSSR count). The molecule has 0 unspecified atom stereocenters. The second-order valence-electron chi connectivity index (χ2n) is 4.18.